The van der Waals surface area contributed by atoms with Crippen molar-refractivity contribution in [2.75, 3.05) is 18.7 Å². The molecule has 0 bridgehead atoms. The summed E-state index contributed by atoms with van der Waals surface area (Å²) in [4.78, 5) is 0. The maximum atomic E-state index is 6.24. The summed E-state index contributed by atoms with van der Waals surface area (Å²) < 4.78 is 23.5. The first kappa shape index (κ1) is 20.7. The van der Waals surface area contributed by atoms with E-state index >= 15 is 0 Å². The molecule has 0 unspecified atom stereocenters. The third kappa shape index (κ3) is 4.77. The number of rotatable bonds is 8. The Bertz CT molecular complexity index is 1040. The Balaban J connectivity index is 1.48. The van der Waals surface area contributed by atoms with E-state index in [1.807, 2.05) is 61.5 Å². The number of fused-ring (bicyclic) bond motifs is 1. The van der Waals surface area contributed by atoms with Gasteiger partial charge < -0.3 is 24.3 Å². The minimum absolute atomic E-state index is 0.263. The number of ether oxygens (including phenoxy) is 4. The van der Waals surface area contributed by atoms with Crippen LogP contribution >= 0.6 is 27.5 Å². The van der Waals surface area contributed by atoms with Gasteiger partial charge in [-0.2, -0.15) is 0 Å². The molecule has 4 rings (SSSR count). The van der Waals surface area contributed by atoms with Gasteiger partial charge in [-0.1, -0.05) is 29.8 Å². The van der Waals surface area contributed by atoms with Gasteiger partial charge in [0.15, 0.2) is 23.0 Å². The average molecular weight is 491 g/mol. The van der Waals surface area contributed by atoms with Gasteiger partial charge >= 0.3 is 0 Å². The highest BCUT2D eigenvalue weighted by Gasteiger charge is 2.15. The van der Waals surface area contributed by atoms with E-state index in [-0.39, 0.29) is 6.79 Å². The van der Waals surface area contributed by atoms with E-state index in [0.717, 1.165) is 32.8 Å². The van der Waals surface area contributed by atoms with Crippen LogP contribution in [0.3, 0.4) is 0 Å². The summed E-state index contributed by atoms with van der Waals surface area (Å²) in [5.41, 5.74) is 2.92. The lowest BCUT2D eigenvalue weighted by atomic mass is 10.2. The van der Waals surface area contributed by atoms with Gasteiger partial charge in [0.2, 0.25) is 6.79 Å². The molecule has 0 aliphatic carbocycles. The number of halogens is 2. The summed E-state index contributed by atoms with van der Waals surface area (Å²) in [5.74, 6) is 2.85. The Morgan fingerprint density at radius 2 is 1.87 bits per heavy atom. The second-order valence-corrected chi connectivity index (χ2v) is 7.90. The molecule has 0 saturated heterocycles. The molecule has 7 heteroatoms. The van der Waals surface area contributed by atoms with Crippen LogP contribution in [-0.4, -0.2) is 13.4 Å². The molecule has 1 heterocycles. The van der Waals surface area contributed by atoms with E-state index in [1.54, 1.807) is 0 Å². The first-order valence-electron chi connectivity index (χ1n) is 9.59. The molecule has 0 spiro atoms. The van der Waals surface area contributed by atoms with E-state index in [4.69, 9.17) is 30.5 Å². The van der Waals surface area contributed by atoms with Crippen molar-refractivity contribution in [1.82, 2.24) is 0 Å². The van der Waals surface area contributed by atoms with Crippen LogP contribution in [0.2, 0.25) is 5.02 Å². The van der Waals surface area contributed by atoms with Crippen molar-refractivity contribution in [2.24, 2.45) is 0 Å². The summed E-state index contributed by atoms with van der Waals surface area (Å²) in [6, 6.07) is 17.4. The van der Waals surface area contributed by atoms with E-state index in [2.05, 4.69) is 21.2 Å². The van der Waals surface area contributed by atoms with Crippen molar-refractivity contribution >= 4 is 33.2 Å². The van der Waals surface area contributed by atoms with Crippen LogP contribution in [0.15, 0.2) is 59.1 Å². The number of hydrogen-bond acceptors (Lipinski definition) is 5. The minimum Gasteiger partial charge on any atom is -0.490 e. The fourth-order valence-electron chi connectivity index (χ4n) is 3.10. The predicted molar refractivity (Wildman–Crippen MR) is 121 cm³/mol. The number of anilines is 1. The van der Waals surface area contributed by atoms with Crippen molar-refractivity contribution in [1.29, 1.82) is 0 Å². The second kappa shape index (κ2) is 9.49. The summed E-state index contributed by atoms with van der Waals surface area (Å²) in [5, 5.41) is 4.08. The predicted octanol–water partition coefficient (Wildman–Crippen LogP) is 6.42. The Labute approximate surface area is 189 Å². The summed E-state index contributed by atoms with van der Waals surface area (Å²) in [6.45, 7) is 3.71. The molecule has 1 N–H and O–H groups in total. The summed E-state index contributed by atoms with van der Waals surface area (Å²) in [6.07, 6.45) is 0. The summed E-state index contributed by atoms with van der Waals surface area (Å²) in [7, 11) is 0. The van der Waals surface area contributed by atoms with Gasteiger partial charge in [0.1, 0.15) is 6.61 Å². The van der Waals surface area contributed by atoms with Crippen LogP contribution in [0.5, 0.6) is 23.0 Å². The van der Waals surface area contributed by atoms with Crippen molar-refractivity contribution in [3.63, 3.8) is 0 Å². The Kier molecular flexibility index (Phi) is 6.55. The quantitative estimate of drug-likeness (QED) is 0.395. The van der Waals surface area contributed by atoms with Crippen molar-refractivity contribution in [3.8, 4) is 23.0 Å². The van der Waals surface area contributed by atoms with Crippen LogP contribution in [0.1, 0.15) is 18.1 Å². The molecular weight excluding hydrogens is 470 g/mol. The number of nitrogens with one attached hydrogen (secondary N) is 1. The van der Waals surface area contributed by atoms with Crippen LogP contribution in [0.4, 0.5) is 5.69 Å². The van der Waals surface area contributed by atoms with Gasteiger partial charge in [-0.3, -0.25) is 0 Å². The molecule has 0 fully saturated rings. The minimum atomic E-state index is 0.263. The maximum absolute atomic E-state index is 6.24. The molecule has 30 heavy (non-hydrogen) atoms. The lowest BCUT2D eigenvalue weighted by molar-refractivity contribution is 0.174. The molecule has 156 valence electrons. The van der Waals surface area contributed by atoms with E-state index in [0.29, 0.717) is 36.3 Å². The molecule has 0 aromatic heterocycles. The van der Waals surface area contributed by atoms with Gasteiger partial charge in [0.25, 0.3) is 0 Å². The second-order valence-electron chi connectivity index (χ2n) is 6.64. The Hall–Kier alpha value is -2.57. The standard InChI is InChI=1S/C23H21BrClNO4/c1-2-27-22-10-15(12-26-17-7-8-20-21(11-17)30-14-29-20)9-18(24)23(22)28-13-16-5-3-4-6-19(16)25/h3-11,26H,2,12-14H2,1H3. The molecular formula is C23H21BrClNO4. The van der Waals surface area contributed by atoms with E-state index in [9.17, 15) is 0 Å². The highest BCUT2D eigenvalue weighted by atomic mass is 79.9. The van der Waals surface area contributed by atoms with Crippen LogP contribution in [0.25, 0.3) is 0 Å². The van der Waals surface area contributed by atoms with Gasteiger partial charge in [-0.25, -0.2) is 0 Å². The fraction of sp³-hybridized carbons (Fsp3) is 0.217. The van der Waals surface area contributed by atoms with Crippen molar-refractivity contribution < 1.29 is 18.9 Å². The topological polar surface area (TPSA) is 49.0 Å². The maximum Gasteiger partial charge on any atom is 0.231 e. The Morgan fingerprint density at radius 1 is 1.03 bits per heavy atom. The SMILES string of the molecule is CCOc1cc(CNc2ccc3c(c2)OCO3)cc(Br)c1OCc1ccccc1Cl. The molecule has 5 nitrogen and oxygen atoms in total. The summed E-state index contributed by atoms with van der Waals surface area (Å²) >= 11 is 9.87. The average Bonchev–Trinajstić information content (AvgIpc) is 3.21. The zero-order chi connectivity index (χ0) is 20.9. The zero-order valence-corrected chi connectivity index (χ0v) is 18.8. The molecule has 1 aliphatic rings. The lowest BCUT2D eigenvalue weighted by Crippen LogP contribution is -2.04. The molecule has 0 radical (unpaired) electrons. The van der Waals surface area contributed by atoms with Crippen LogP contribution < -0.4 is 24.3 Å². The molecule has 0 saturated carbocycles. The Morgan fingerprint density at radius 3 is 2.70 bits per heavy atom. The molecule has 1 aliphatic heterocycles. The van der Waals surface area contributed by atoms with Gasteiger partial charge in [-0.05, 0) is 58.7 Å². The molecule has 3 aromatic carbocycles. The molecule has 0 amide bonds. The third-order valence-corrected chi connectivity index (χ3v) is 5.53. The lowest BCUT2D eigenvalue weighted by Gasteiger charge is -2.16. The monoisotopic (exact) mass is 489 g/mol. The highest BCUT2D eigenvalue weighted by molar-refractivity contribution is 9.10. The fourth-order valence-corrected chi connectivity index (χ4v) is 3.90. The smallest absolute Gasteiger partial charge is 0.231 e. The van der Waals surface area contributed by atoms with Crippen molar-refractivity contribution in [2.45, 2.75) is 20.1 Å². The molecule has 3 aromatic rings. The number of hydrogen-bond donors (Lipinski definition) is 1. The number of benzene rings is 3. The highest BCUT2D eigenvalue weighted by Crippen LogP contribution is 2.38. The van der Waals surface area contributed by atoms with Crippen molar-refractivity contribution in [3.05, 3.63) is 75.2 Å². The van der Waals surface area contributed by atoms with Gasteiger partial charge in [0, 0.05) is 28.9 Å². The van der Waals surface area contributed by atoms with Gasteiger partial charge in [0.05, 0.1) is 11.1 Å². The first-order chi connectivity index (χ1) is 14.6. The molecule has 0 atom stereocenters. The largest absolute Gasteiger partial charge is 0.490 e. The van der Waals surface area contributed by atoms with Crippen LogP contribution in [-0.2, 0) is 13.2 Å². The zero-order valence-electron chi connectivity index (χ0n) is 16.4. The van der Waals surface area contributed by atoms with Crippen LogP contribution in [0, 0.1) is 0 Å². The van der Waals surface area contributed by atoms with Gasteiger partial charge in [-0.15, -0.1) is 0 Å². The van der Waals surface area contributed by atoms with E-state index < -0.39 is 0 Å². The third-order valence-electron chi connectivity index (χ3n) is 4.57. The first-order valence-corrected chi connectivity index (χ1v) is 10.8. The van der Waals surface area contributed by atoms with E-state index in [1.165, 1.54) is 0 Å². The normalized spacial score (nSPS) is 12.0.